The second-order valence-corrected chi connectivity index (χ2v) is 6.17. The molecule has 1 heterocycles. The number of ether oxygens (including phenoxy) is 1. The highest BCUT2D eigenvalue weighted by molar-refractivity contribution is 8.00. The molecule has 96 valence electrons. The predicted octanol–water partition coefficient (Wildman–Crippen LogP) is 1.65. The summed E-state index contributed by atoms with van der Waals surface area (Å²) in [5.74, 6) is 0. The molecule has 0 aromatic rings. The number of hydrogen-bond acceptors (Lipinski definition) is 4. The number of thioether (sulfide) groups is 1. The number of hydrogen-bond donors (Lipinski definition) is 2. The average Bonchev–Trinajstić information content (AvgIpc) is 2.27. The minimum atomic E-state index is -0.251. The Bertz CT molecular complexity index is 190. The molecule has 1 fully saturated rings. The van der Waals surface area contributed by atoms with Crippen LogP contribution in [-0.4, -0.2) is 47.5 Å². The molecule has 4 unspecified atom stereocenters. The standard InChI is InChI=1S/C12H25NO2S/c1-4-6-13-11-5-7-15-8-12(11)16-10(3)9(2)14/h9-14H,4-8H2,1-3H3. The molecule has 4 atom stereocenters. The summed E-state index contributed by atoms with van der Waals surface area (Å²) in [6.45, 7) is 8.87. The van der Waals surface area contributed by atoms with Crippen LogP contribution in [0.3, 0.4) is 0 Å². The van der Waals surface area contributed by atoms with Gasteiger partial charge in [0.15, 0.2) is 0 Å². The maximum atomic E-state index is 9.53. The van der Waals surface area contributed by atoms with E-state index in [0.29, 0.717) is 11.3 Å². The van der Waals surface area contributed by atoms with Crippen LogP contribution < -0.4 is 5.32 Å². The Morgan fingerprint density at radius 2 is 2.25 bits per heavy atom. The lowest BCUT2D eigenvalue weighted by Gasteiger charge is -2.34. The zero-order valence-corrected chi connectivity index (χ0v) is 11.4. The van der Waals surface area contributed by atoms with E-state index in [4.69, 9.17) is 4.74 Å². The third-order valence-electron chi connectivity index (χ3n) is 3.03. The topological polar surface area (TPSA) is 41.5 Å². The molecule has 1 aliphatic heterocycles. The Morgan fingerprint density at radius 1 is 1.50 bits per heavy atom. The SMILES string of the molecule is CCCNC1CCOCC1SC(C)C(C)O. The molecule has 0 amide bonds. The lowest BCUT2D eigenvalue weighted by Crippen LogP contribution is -2.46. The van der Waals surface area contributed by atoms with Gasteiger partial charge in [-0.3, -0.25) is 0 Å². The van der Waals surface area contributed by atoms with Crippen LogP contribution in [0.15, 0.2) is 0 Å². The summed E-state index contributed by atoms with van der Waals surface area (Å²) in [5.41, 5.74) is 0. The van der Waals surface area contributed by atoms with Gasteiger partial charge in [0.25, 0.3) is 0 Å². The second kappa shape index (κ2) is 7.54. The van der Waals surface area contributed by atoms with Crippen molar-refractivity contribution in [1.82, 2.24) is 5.32 Å². The summed E-state index contributed by atoms with van der Waals surface area (Å²) in [6, 6.07) is 0.542. The smallest absolute Gasteiger partial charge is 0.0628 e. The van der Waals surface area contributed by atoms with Crippen molar-refractivity contribution in [2.45, 2.75) is 56.3 Å². The molecule has 0 bridgehead atoms. The molecule has 1 rings (SSSR count). The fourth-order valence-electron chi connectivity index (χ4n) is 1.80. The van der Waals surface area contributed by atoms with Crippen LogP contribution >= 0.6 is 11.8 Å². The largest absolute Gasteiger partial charge is 0.392 e. The van der Waals surface area contributed by atoms with Crippen LogP contribution in [-0.2, 0) is 4.74 Å². The van der Waals surface area contributed by atoms with E-state index in [1.807, 2.05) is 18.7 Å². The Balaban J connectivity index is 2.40. The van der Waals surface area contributed by atoms with Crippen molar-refractivity contribution in [3.05, 3.63) is 0 Å². The monoisotopic (exact) mass is 247 g/mol. The molecule has 4 heteroatoms. The van der Waals surface area contributed by atoms with Gasteiger partial charge in [-0.1, -0.05) is 13.8 Å². The van der Waals surface area contributed by atoms with Crippen LogP contribution in [0.1, 0.15) is 33.6 Å². The summed E-state index contributed by atoms with van der Waals surface area (Å²) in [4.78, 5) is 0. The van der Waals surface area contributed by atoms with Crippen molar-refractivity contribution in [2.75, 3.05) is 19.8 Å². The maximum absolute atomic E-state index is 9.53. The van der Waals surface area contributed by atoms with Gasteiger partial charge >= 0.3 is 0 Å². The predicted molar refractivity (Wildman–Crippen MR) is 70.0 cm³/mol. The first-order valence-electron chi connectivity index (χ1n) is 6.29. The van der Waals surface area contributed by atoms with Gasteiger partial charge in [0.2, 0.25) is 0 Å². The molecular formula is C12H25NO2S. The highest BCUT2D eigenvalue weighted by atomic mass is 32.2. The summed E-state index contributed by atoms with van der Waals surface area (Å²) in [6.07, 6.45) is 2.00. The van der Waals surface area contributed by atoms with Crippen LogP contribution in [0, 0.1) is 0 Å². The van der Waals surface area contributed by atoms with Gasteiger partial charge in [0, 0.05) is 23.1 Å². The summed E-state index contributed by atoms with van der Waals surface area (Å²) in [7, 11) is 0. The van der Waals surface area contributed by atoms with E-state index in [0.717, 1.165) is 26.2 Å². The van der Waals surface area contributed by atoms with E-state index in [2.05, 4.69) is 19.2 Å². The number of nitrogens with one attached hydrogen (secondary N) is 1. The number of aliphatic hydroxyl groups is 1. The Labute approximate surface area is 103 Å². The normalized spacial score (nSPS) is 30.0. The third-order valence-corrected chi connectivity index (χ3v) is 4.67. The molecule has 0 aliphatic carbocycles. The van der Waals surface area contributed by atoms with Crippen molar-refractivity contribution in [1.29, 1.82) is 0 Å². The molecule has 0 aromatic carbocycles. The number of rotatable bonds is 6. The summed E-state index contributed by atoms with van der Waals surface area (Å²) >= 11 is 1.85. The number of aliphatic hydroxyl groups excluding tert-OH is 1. The first kappa shape index (κ1) is 14.3. The van der Waals surface area contributed by atoms with E-state index in [1.165, 1.54) is 6.42 Å². The Kier molecular flexibility index (Phi) is 6.73. The molecule has 3 nitrogen and oxygen atoms in total. The van der Waals surface area contributed by atoms with Crippen molar-refractivity contribution >= 4 is 11.8 Å². The summed E-state index contributed by atoms with van der Waals surface area (Å²) in [5, 5.41) is 13.9. The molecule has 0 radical (unpaired) electrons. The minimum Gasteiger partial charge on any atom is -0.392 e. The van der Waals surface area contributed by atoms with Crippen LogP contribution in [0.25, 0.3) is 0 Å². The van der Waals surface area contributed by atoms with Crippen LogP contribution in [0.2, 0.25) is 0 Å². The van der Waals surface area contributed by atoms with Gasteiger partial charge in [-0.25, -0.2) is 0 Å². The highest BCUT2D eigenvalue weighted by Gasteiger charge is 2.28. The molecule has 0 spiro atoms. The summed E-state index contributed by atoms with van der Waals surface area (Å²) < 4.78 is 5.53. The van der Waals surface area contributed by atoms with E-state index in [9.17, 15) is 5.11 Å². The quantitative estimate of drug-likeness (QED) is 0.749. The minimum absolute atomic E-state index is 0.251. The maximum Gasteiger partial charge on any atom is 0.0628 e. The van der Waals surface area contributed by atoms with Crippen molar-refractivity contribution in [2.24, 2.45) is 0 Å². The lowest BCUT2D eigenvalue weighted by atomic mass is 10.1. The lowest BCUT2D eigenvalue weighted by molar-refractivity contribution is 0.0828. The van der Waals surface area contributed by atoms with Gasteiger partial charge < -0.3 is 15.2 Å². The van der Waals surface area contributed by atoms with E-state index in [1.54, 1.807) is 0 Å². The van der Waals surface area contributed by atoms with Crippen molar-refractivity contribution < 1.29 is 9.84 Å². The molecule has 16 heavy (non-hydrogen) atoms. The molecule has 0 saturated carbocycles. The van der Waals surface area contributed by atoms with Crippen molar-refractivity contribution in [3.8, 4) is 0 Å². The van der Waals surface area contributed by atoms with E-state index < -0.39 is 0 Å². The molecule has 0 aromatic heterocycles. The Morgan fingerprint density at radius 3 is 2.88 bits per heavy atom. The molecule has 2 N–H and O–H groups in total. The molecular weight excluding hydrogens is 222 g/mol. The average molecular weight is 247 g/mol. The zero-order chi connectivity index (χ0) is 12.0. The van der Waals surface area contributed by atoms with E-state index in [-0.39, 0.29) is 11.4 Å². The van der Waals surface area contributed by atoms with Crippen LogP contribution in [0.5, 0.6) is 0 Å². The van der Waals surface area contributed by atoms with Gasteiger partial charge in [0.05, 0.1) is 12.7 Å². The molecule has 1 aliphatic rings. The fourth-order valence-corrected chi connectivity index (χ4v) is 3.17. The van der Waals surface area contributed by atoms with E-state index >= 15 is 0 Å². The highest BCUT2D eigenvalue weighted by Crippen LogP contribution is 2.27. The fraction of sp³-hybridized carbons (Fsp3) is 1.00. The molecule has 1 saturated heterocycles. The first-order valence-corrected chi connectivity index (χ1v) is 7.24. The van der Waals surface area contributed by atoms with Crippen molar-refractivity contribution in [3.63, 3.8) is 0 Å². The van der Waals surface area contributed by atoms with Gasteiger partial charge in [-0.05, 0) is 26.3 Å². The Hall–Kier alpha value is 0.230. The van der Waals surface area contributed by atoms with Crippen LogP contribution in [0.4, 0.5) is 0 Å². The van der Waals surface area contributed by atoms with Gasteiger partial charge in [0.1, 0.15) is 0 Å². The second-order valence-electron chi connectivity index (χ2n) is 4.54. The first-order chi connectivity index (χ1) is 7.65. The third kappa shape index (κ3) is 4.62. The zero-order valence-electron chi connectivity index (χ0n) is 10.6. The van der Waals surface area contributed by atoms with Gasteiger partial charge in [-0.2, -0.15) is 0 Å². The van der Waals surface area contributed by atoms with Gasteiger partial charge in [-0.15, -0.1) is 11.8 Å².